The lowest BCUT2D eigenvalue weighted by Gasteiger charge is -2.08. The number of halogens is 1. The highest BCUT2D eigenvalue weighted by Gasteiger charge is 2.04. The highest BCUT2D eigenvalue weighted by Crippen LogP contribution is 2.17. The van der Waals surface area contributed by atoms with Gasteiger partial charge in [0.1, 0.15) is 5.75 Å². The largest absolute Gasteiger partial charge is 0.484 e. The first-order valence-electron chi connectivity index (χ1n) is 7.33. The number of carbonyl (C=O) groups excluding carboxylic acids is 1. The molecule has 5 heteroatoms. The molecule has 1 heterocycles. The molecule has 0 atom stereocenters. The molecule has 2 aromatic carbocycles. The van der Waals surface area contributed by atoms with E-state index in [1.807, 2.05) is 19.1 Å². The van der Waals surface area contributed by atoms with Crippen LogP contribution in [0.3, 0.4) is 0 Å². The number of fused-ring (bicyclic) bond motifs is 1. The Morgan fingerprint density at radius 1 is 1.17 bits per heavy atom. The monoisotopic (exact) mass is 328 g/mol. The summed E-state index contributed by atoms with van der Waals surface area (Å²) in [7, 11) is 0. The average Bonchev–Trinajstić information content (AvgIpc) is 2.91. The van der Waals surface area contributed by atoms with Gasteiger partial charge in [0.2, 0.25) is 0 Å². The molecule has 0 aliphatic rings. The van der Waals surface area contributed by atoms with Crippen LogP contribution in [0.4, 0.5) is 0 Å². The van der Waals surface area contributed by atoms with E-state index in [0.29, 0.717) is 17.3 Å². The zero-order chi connectivity index (χ0) is 16.2. The van der Waals surface area contributed by atoms with E-state index < -0.39 is 0 Å². The molecule has 118 valence electrons. The van der Waals surface area contributed by atoms with E-state index in [9.17, 15) is 4.79 Å². The summed E-state index contributed by atoms with van der Waals surface area (Å²) in [6.45, 7) is 2.48. The van der Waals surface area contributed by atoms with E-state index in [2.05, 4.69) is 22.4 Å². The van der Waals surface area contributed by atoms with Gasteiger partial charge in [0.15, 0.2) is 6.61 Å². The lowest BCUT2D eigenvalue weighted by atomic mass is 10.1. The minimum atomic E-state index is -0.162. The van der Waals surface area contributed by atoms with Crippen molar-refractivity contribution in [1.29, 1.82) is 0 Å². The summed E-state index contributed by atoms with van der Waals surface area (Å²) in [5, 5.41) is 4.63. The standard InChI is InChI=1S/C18H17ClN2O2/c1-12-8-14-9-13(2-7-17(14)21-12)10-20-18(22)11-23-16-5-3-15(19)4-6-16/h2-9,21H,10-11H2,1H3,(H,20,22). The molecule has 0 aliphatic heterocycles. The Balaban J connectivity index is 1.52. The van der Waals surface area contributed by atoms with E-state index in [-0.39, 0.29) is 12.5 Å². The van der Waals surface area contributed by atoms with Gasteiger partial charge >= 0.3 is 0 Å². The molecule has 4 nitrogen and oxygen atoms in total. The van der Waals surface area contributed by atoms with Gasteiger partial charge in [-0.05, 0) is 60.3 Å². The van der Waals surface area contributed by atoms with Crippen LogP contribution in [0.2, 0.25) is 5.02 Å². The normalized spacial score (nSPS) is 10.7. The number of hydrogen-bond donors (Lipinski definition) is 2. The molecule has 0 bridgehead atoms. The molecule has 0 aliphatic carbocycles. The molecular formula is C18H17ClN2O2. The predicted molar refractivity (Wildman–Crippen MR) is 91.8 cm³/mol. The summed E-state index contributed by atoms with van der Waals surface area (Å²) >= 11 is 5.80. The first-order valence-corrected chi connectivity index (χ1v) is 7.71. The summed E-state index contributed by atoms with van der Waals surface area (Å²) in [6.07, 6.45) is 0. The second kappa shape index (κ2) is 6.75. The number of aromatic amines is 1. The Morgan fingerprint density at radius 3 is 2.74 bits per heavy atom. The minimum Gasteiger partial charge on any atom is -0.484 e. The van der Waals surface area contributed by atoms with Crippen molar-refractivity contribution in [2.75, 3.05) is 6.61 Å². The Morgan fingerprint density at radius 2 is 1.96 bits per heavy atom. The molecule has 0 saturated heterocycles. The smallest absolute Gasteiger partial charge is 0.258 e. The molecule has 3 aromatic rings. The van der Waals surface area contributed by atoms with Crippen molar-refractivity contribution in [1.82, 2.24) is 10.3 Å². The lowest BCUT2D eigenvalue weighted by Crippen LogP contribution is -2.28. The number of benzene rings is 2. The maximum absolute atomic E-state index is 11.9. The number of hydrogen-bond acceptors (Lipinski definition) is 2. The Hall–Kier alpha value is -2.46. The van der Waals surface area contributed by atoms with Crippen molar-refractivity contribution in [3.8, 4) is 5.75 Å². The Labute approximate surface area is 139 Å². The van der Waals surface area contributed by atoms with Crippen molar-refractivity contribution in [2.45, 2.75) is 13.5 Å². The molecular weight excluding hydrogens is 312 g/mol. The van der Waals surface area contributed by atoms with Crippen LogP contribution in [-0.2, 0) is 11.3 Å². The summed E-state index contributed by atoms with van der Waals surface area (Å²) in [5.41, 5.74) is 3.28. The number of carbonyl (C=O) groups is 1. The van der Waals surface area contributed by atoms with Gasteiger partial charge in [0, 0.05) is 22.8 Å². The summed E-state index contributed by atoms with van der Waals surface area (Å²) in [6, 6.07) is 15.1. The number of nitrogens with one attached hydrogen (secondary N) is 2. The van der Waals surface area contributed by atoms with Gasteiger partial charge in [-0.2, -0.15) is 0 Å². The summed E-state index contributed by atoms with van der Waals surface area (Å²) in [4.78, 5) is 15.1. The molecule has 0 spiro atoms. The SMILES string of the molecule is Cc1cc2cc(CNC(=O)COc3ccc(Cl)cc3)ccc2[nH]1. The molecule has 3 rings (SSSR count). The highest BCUT2D eigenvalue weighted by molar-refractivity contribution is 6.30. The number of amides is 1. The lowest BCUT2D eigenvalue weighted by molar-refractivity contribution is -0.123. The van der Waals surface area contributed by atoms with Crippen LogP contribution in [0.25, 0.3) is 10.9 Å². The van der Waals surface area contributed by atoms with E-state index in [4.69, 9.17) is 16.3 Å². The van der Waals surface area contributed by atoms with E-state index >= 15 is 0 Å². The number of rotatable bonds is 5. The first-order chi connectivity index (χ1) is 11.1. The highest BCUT2D eigenvalue weighted by atomic mass is 35.5. The number of aryl methyl sites for hydroxylation is 1. The summed E-state index contributed by atoms with van der Waals surface area (Å²) in [5.74, 6) is 0.457. The molecule has 0 fully saturated rings. The van der Waals surface area contributed by atoms with Gasteiger partial charge in [-0.1, -0.05) is 17.7 Å². The number of ether oxygens (including phenoxy) is 1. The zero-order valence-corrected chi connectivity index (χ0v) is 13.5. The van der Waals surface area contributed by atoms with Gasteiger partial charge < -0.3 is 15.0 Å². The molecule has 0 saturated carbocycles. The van der Waals surface area contributed by atoms with Crippen LogP contribution >= 0.6 is 11.6 Å². The fourth-order valence-electron chi connectivity index (χ4n) is 2.37. The van der Waals surface area contributed by atoms with Crippen molar-refractivity contribution < 1.29 is 9.53 Å². The van der Waals surface area contributed by atoms with Gasteiger partial charge in [0.05, 0.1) is 0 Å². The molecule has 23 heavy (non-hydrogen) atoms. The van der Waals surface area contributed by atoms with Crippen LogP contribution in [0.15, 0.2) is 48.5 Å². The van der Waals surface area contributed by atoms with Crippen molar-refractivity contribution in [3.05, 3.63) is 64.8 Å². The van der Waals surface area contributed by atoms with Crippen LogP contribution < -0.4 is 10.1 Å². The topological polar surface area (TPSA) is 54.1 Å². The zero-order valence-electron chi connectivity index (χ0n) is 12.7. The number of aromatic nitrogens is 1. The van der Waals surface area contributed by atoms with Gasteiger partial charge in [-0.25, -0.2) is 0 Å². The van der Waals surface area contributed by atoms with Crippen molar-refractivity contribution in [2.24, 2.45) is 0 Å². The molecule has 0 radical (unpaired) electrons. The minimum absolute atomic E-state index is 0.0207. The van der Waals surface area contributed by atoms with E-state index in [1.165, 1.54) is 0 Å². The third-order valence-electron chi connectivity index (χ3n) is 3.49. The summed E-state index contributed by atoms with van der Waals surface area (Å²) < 4.78 is 5.41. The molecule has 0 unspecified atom stereocenters. The quantitative estimate of drug-likeness (QED) is 0.748. The van der Waals surface area contributed by atoms with Gasteiger partial charge in [-0.3, -0.25) is 4.79 Å². The van der Waals surface area contributed by atoms with Crippen LogP contribution in [-0.4, -0.2) is 17.5 Å². The Bertz CT molecular complexity index is 825. The molecule has 2 N–H and O–H groups in total. The second-order valence-electron chi connectivity index (χ2n) is 5.39. The molecule has 1 aromatic heterocycles. The predicted octanol–water partition coefficient (Wildman–Crippen LogP) is 3.82. The first kappa shape index (κ1) is 15.4. The van der Waals surface area contributed by atoms with Crippen LogP contribution in [0.5, 0.6) is 5.75 Å². The maximum atomic E-state index is 11.9. The van der Waals surface area contributed by atoms with Crippen LogP contribution in [0.1, 0.15) is 11.3 Å². The third-order valence-corrected chi connectivity index (χ3v) is 3.75. The second-order valence-corrected chi connectivity index (χ2v) is 5.83. The fraction of sp³-hybridized carbons (Fsp3) is 0.167. The maximum Gasteiger partial charge on any atom is 0.258 e. The van der Waals surface area contributed by atoms with Gasteiger partial charge in [-0.15, -0.1) is 0 Å². The van der Waals surface area contributed by atoms with E-state index in [0.717, 1.165) is 22.2 Å². The van der Waals surface area contributed by atoms with E-state index in [1.54, 1.807) is 24.3 Å². The van der Waals surface area contributed by atoms with Crippen LogP contribution in [0, 0.1) is 6.92 Å². The number of H-pyrrole nitrogens is 1. The van der Waals surface area contributed by atoms with Crippen molar-refractivity contribution in [3.63, 3.8) is 0 Å². The fourth-order valence-corrected chi connectivity index (χ4v) is 2.49. The van der Waals surface area contributed by atoms with Gasteiger partial charge in [0.25, 0.3) is 5.91 Å². The Kier molecular flexibility index (Phi) is 4.53. The average molecular weight is 329 g/mol. The van der Waals surface area contributed by atoms with Crippen molar-refractivity contribution >= 4 is 28.4 Å². The third kappa shape index (κ3) is 4.05. The molecule has 1 amide bonds.